The third kappa shape index (κ3) is 5.78. The molecule has 1 aromatic carbocycles. The number of ether oxygens (including phenoxy) is 1. The van der Waals surface area contributed by atoms with E-state index in [0.717, 1.165) is 26.1 Å². The number of likely N-dealkylation sites (tertiary alicyclic amines) is 2. The molecule has 0 N–H and O–H groups in total. The number of nitrogens with zero attached hydrogens (tertiary/aromatic N) is 4. The van der Waals surface area contributed by atoms with Crippen LogP contribution >= 0.6 is 0 Å². The highest BCUT2D eigenvalue weighted by molar-refractivity contribution is 6.01. The number of halogens is 3. The molecule has 4 aliphatic heterocycles. The maximum Gasteiger partial charge on any atom is 0.418 e. The second kappa shape index (κ2) is 10.7. The van der Waals surface area contributed by atoms with Gasteiger partial charge in [-0.05, 0) is 91.0 Å². The number of hydrogen-bond acceptors (Lipinski definition) is 5. The Labute approximate surface area is 235 Å². The van der Waals surface area contributed by atoms with Gasteiger partial charge in [0, 0.05) is 50.5 Å². The normalized spacial score (nSPS) is 26.2. The first-order valence-electron chi connectivity index (χ1n) is 14.8. The van der Waals surface area contributed by atoms with Gasteiger partial charge in [0.15, 0.2) is 0 Å². The van der Waals surface area contributed by atoms with Crippen molar-refractivity contribution in [1.29, 1.82) is 0 Å². The molecule has 40 heavy (non-hydrogen) atoms. The molecule has 2 atom stereocenters. The fraction of sp³-hybridized carbons (Fsp3) is 0.733. The zero-order chi connectivity index (χ0) is 28.9. The van der Waals surface area contributed by atoms with Crippen molar-refractivity contribution in [3.05, 3.63) is 23.8 Å². The van der Waals surface area contributed by atoms with E-state index in [1.165, 1.54) is 36.3 Å². The second-order valence-electron chi connectivity index (χ2n) is 13.1. The average molecular weight is 565 g/mol. The van der Waals surface area contributed by atoms with E-state index in [0.29, 0.717) is 50.1 Å². The minimum Gasteiger partial charge on any atom is -0.444 e. The second-order valence-corrected chi connectivity index (χ2v) is 13.1. The summed E-state index contributed by atoms with van der Waals surface area (Å²) in [6.45, 7) is 11.1. The molecule has 4 saturated heterocycles. The summed E-state index contributed by atoms with van der Waals surface area (Å²) in [5, 5.41) is 0. The number of amides is 2. The van der Waals surface area contributed by atoms with Crippen molar-refractivity contribution in [2.24, 2.45) is 5.41 Å². The van der Waals surface area contributed by atoms with Crippen molar-refractivity contribution < 1.29 is 27.5 Å². The van der Waals surface area contributed by atoms with Gasteiger partial charge in [0.2, 0.25) is 5.91 Å². The molecule has 1 unspecified atom stereocenters. The molecule has 1 aromatic rings. The molecule has 0 bridgehead atoms. The molecule has 222 valence electrons. The number of anilines is 2. The minimum absolute atomic E-state index is 0.0619. The standard InChI is InChI=1S/C30H43F3N4O3/c1-21-7-5-6-14-36(21)23-10-15-35(20-23)22-8-9-25(24(19-22)30(31,32)33)37-18-13-29(26(37)38)11-16-34(17-12-29)27(39)40-28(2,3)4/h8-9,19,21,23H,5-7,10-18,20H2,1-4H3/t21-,23?/m0/s1. The summed E-state index contributed by atoms with van der Waals surface area (Å²) in [5.74, 6) is -0.269. The lowest BCUT2D eigenvalue weighted by atomic mass is 9.77. The molecular formula is C30H43F3N4O3. The number of alkyl halides is 3. The summed E-state index contributed by atoms with van der Waals surface area (Å²) in [7, 11) is 0. The van der Waals surface area contributed by atoms with Crippen molar-refractivity contribution in [2.45, 2.75) is 96.5 Å². The van der Waals surface area contributed by atoms with Crippen LogP contribution in [0, 0.1) is 5.41 Å². The molecule has 0 aromatic heterocycles. The van der Waals surface area contributed by atoms with Crippen LogP contribution in [0.5, 0.6) is 0 Å². The third-order valence-corrected chi connectivity index (χ3v) is 9.31. The number of benzene rings is 1. The minimum atomic E-state index is -4.58. The Morgan fingerprint density at radius 1 is 0.975 bits per heavy atom. The van der Waals surface area contributed by atoms with Gasteiger partial charge in [-0.25, -0.2) is 4.79 Å². The fourth-order valence-electron chi connectivity index (χ4n) is 7.05. The van der Waals surface area contributed by atoms with Gasteiger partial charge in [-0.3, -0.25) is 9.69 Å². The predicted molar refractivity (Wildman–Crippen MR) is 149 cm³/mol. The fourth-order valence-corrected chi connectivity index (χ4v) is 7.05. The van der Waals surface area contributed by atoms with Gasteiger partial charge in [0.1, 0.15) is 5.60 Å². The molecule has 5 rings (SSSR count). The highest BCUT2D eigenvalue weighted by Crippen LogP contribution is 2.47. The molecule has 7 nitrogen and oxygen atoms in total. The molecule has 10 heteroatoms. The summed E-state index contributed by atoms with van der Waals surface area (Å²) >= 11 is 0. The topological polar surface area (TPSA) is 56.3 Å². The third-order valence-electron chi connectivity index (χ3n) is 9.31. The van der Waals surface area contributed by atoms with E-state index in [1.54, 1.807) is 31.7 Å². The smallest absolute Gasteiger partial charge is 0.418 e. The molecule has 0 aliphatic carbocycles. The first-order chi connectivity index (χ1) is 18.8. The molecule has 1 spiro atoms. The number of rotatable bonds is 3. The van der Waals surface area contributed by atoms with Crippen LogP contribution in [0.25, 0.3) is 0 Å². The van der Waals surface area contributed by atoms with E-state index in [-0.39, 0.29) is 18.1 Å². The first kappa shape index (κ1) is 29.0. The van der Waals surface area contributed by atoms with Crippen LogP contribution < -0.4 is 9.80 Å². The highest BCUT2D eigenvalue weighted by atomic mass is 19.4. The van der Waals surface area contributed by atoms with Crippen LogP contribution in [-0.4, -0.2) is 78.8 Å². The van der Waals surface area contributed by atoms with Gasteiger partial charge in [0.05, 0.1) is 16.7 Å². The van der Waals surface area contributed by atoms with E-state index >= 15 is 0 Å². The Morgan fingerprint density at radius 3 is 2.33 bits per heavy atom. The first-order valence-corrected chi connectivity index (χ1v) is 14.8. The monoisotopic (exact) mass is 564 g/mol. The van der Waals surface area contributed by atoms with Crippen molar-refractivity contribution >= 4 is 23.4 Å². The summed E-state index contributed by atoms with van der Waals surface area (Å²) in [4.78, 5) is 33.7. The van der Waals surface area contributed by atoms with Crippen LogP contribution in [-0.2, 0) is 15.7 Å². The zero-order valence-electron chi connectivity index (χ0n) is 24.2. The van der Waals surface area contributed by atoms with E-state index in [1.807, 2.05) is 0 Å². The van der Waals surface area contributed by atoms with Crippen molar-refractivity contribution in [3.63, 3.8) is 0 Å². The Bertz CT molecular complexity index is 1110. The Balaban J connectivity index is 1.30. The number of hydrogen-bond donors (Lipinski definition) is 0. The summed E-state index contributed by atoms with van der Waals surface area (Å²) in [6, 6.07) is 5.34. The van der Waals surface area contributed by atoms with Crippen LogP contribution in [0.4, 0.5) is 29.3 Å². The molecule has 0 saturated carbocycles. The van der Waals surface area contributed by atoms with Gasteiger partial charge in [-0.1, -0.05) is 6.42 Å². The summed E-state index contributed by atoms with van der Waals surface area (Å²) < 4.78 is 48.7. The van der Waals surface area contributed by atoms with Crippen LogP contribution in [0.2, 0.25) is 0 Å². The summed E-state index contributed by atoms with van der Waals surface area (Å²) in [5.41, 5.74) is -1.61. The SMILES string of the molecule is C[C@H]1CCCCN1C1CCN(c2ccc(N3CCC4(CCN(C(=O)OC(C)(C)C)CC4)C3=O)c(C(F)(F)F)c2)C1. The van der Waals surface area contributed by atoms with E-state index < -0.39 is 28.8 Å². The van der Waals surface area contributed by atoms with Crippen LogP contribution in [0.1, 0.15) is 78.2 Å². The molecular weight excluding hydrogens is 521 g/mol. The van der Waals surface area contributed by atoms with E-state index in [4.69, 9.17) is 4.74 Å². The van der Waals surface area contributed by atoms with E-state index in [2.05, 4.69) is 16.7 Å². The van der Waals surface area contributed by atoms with Crippen molar-refractivity contribution in [2.75, 3.05) is 49.1 Å². The largest absolute Gasteiger partial charge is 0.444 e. The van der Waals surface area contributed by atoms with Crippen molar-refractivity contribution in [1.82, 2.24) is 9.80 Å². The average Bonchev–Trinajstić information content (AvgIpc) is 3.49. The van der Waals surface area contributed by atoms with Gasteiger partial charge in [-0.2, -0.15) is 13.2 Å². The van der Waals surface area contributed by atoms with Gasteiger partial charge < -0.3 is 19.4 Å². The molecule has 4 heterocycles. The molecule has 4 aliphatic rings. The highest BCUT2D eigenvalue weighted by Gasteiger charge is 2.51. The van der Waals surface area contributed by atoms with Crippen molar-refractivity contribution in [3.8, 4) is 0 Å². The van der Waals surface area contributed by atoms with Gasteiger partial charge >= 0.3 is 12.3 Å². The maximum absolute atomic E-state index is 14.4. The number of piperidine rings is 2. The molecule has 2 amide bonds. The Kier molecular flexibility index (Phi) is 7.78. The van der Waals surface area contributed by atoms with Gasteiger partial charge in [0.25, 0.3) is 0 Å². The molecule has 0 radical (unpaired) electrons. The zero-order valence-corrected chi connectivity index (χ0v) is 24.2. The quantitative estimate of drug-likeness (QED) is 0.457. The Hall–Kier alpha value is -2.49. The predicted octanol–water partition coefficient (Wildman–Crippen LogP) is 5.91. The lowest BCUT2D eigenvalue weighted by Gasteiger charge is -2.38. The van der Waals surface area contributed by atoms with Crippen LogP contribution in [0.15, 0.2) is 18.2 Å². The lowest BCUT2D eigenvalue weighted by molar-refractivity contribution is -0.137. The Morgan fingerprint density at radius 2 is 1.68 bits per heavy atom. The maximum atomic E-state index is 14.4. The van der Waals surface area contributed by atoms with Crippen LogP contribution in [0.3, 0.4) is 0 Å². The number of carbonyl (C=O) groups excluding carboxylic acids is 2. The summed E-state index contributed by atoms with van der Waals surface area (Å²) in [6.07, 6.45) is 0.863. The van der Waals surface area contributed by atoms with E-state index in [9.17, 15) is 22.8 Å². The molecule has 4 fully saturated rings. The number of carbonyl (C=O) groups is 2. The lowest BCUT2D eigenvalue weighted by Crippen LogP contribution is -2.48. The van der Waals surface area contributed by atoms with Gasteiger partial charge in [-0.15, -0.1) is 0 Å².